The topological polar surface area (TPSA) is 108 Å². The fraction of sp³-hybridized carbons (Fsp3) is 0.597. The molecule has 2 unspecified atom stereocenters. The van der Waals surface area contributed by atoms with Gasteiger partial charge in [0.2, 0.25) is 0 Å². The number of hydrogen-bond donors (Lipinski definition) is 1. The molecule has 0 spiro atoms. The Morgan fingerprint density at radius 1 is 0.437 bits per heavy atom. The lowest BCUT2D eigenvalue weighted by Crippen LogP contribution is -2.40. The van der Waals surface area contributed by atoms with Crippen molar-refractivity contribution in [1.82, 2.24) is 0 Å². The Morgan fingerprint density at radius 3 is 1.23 bits per heavy atom. The second kappa shape index (κ2) is 51.8. The number of carboxylic acid groups (broad SMARTS) is 1. The van der Waals surface area contributed by atoms with Gasteiger partial charge in [0, 0.05) is 12.8 Å². The molecule has 0 radical (unpaired) electrons. The van der Waals surface area contributed by atoms with E-state index >= 15 is 0 Å². The summed E-state index contributed by atoms with van der Waals surface area (Å²) in [6.45, 7) is 4.64. The van der Waals surface area contributed by atoms with Gasteiger partial charge in [-0.2, -0.15) is 0 Å². The van der Waals surface area contributed by atoms with Crippen molar-refractivity contribution in [2.75, 3.05) is 47.5 Å². The van der Waals surface area contributed by atoms with Crippen LogP contribution in [-0.2, 0) is 33.3 Å². The molecule has 0 aromatic rings. The highest BCUT2D eigenvalue weighted by atomic mass is 16.7. The number of likely N-dealkylation sites (N-methyl/N-ethyl adjacent to an activating group) is 1. The molecular weight excluding hydrogens is 887 g/mol. The third-order valence-electron chi connectivity index (χ3n) is 10.9. The molecule has 0 amide bonds. The third kappa shape index (κ3) is 53.1. The Morgan fingerprint density at radius 2 is 0.803 bits per heavy atom. The van der Waals surface area contributed by atoms with E-state index in [1.54, 1.807) is 0 Å². The molecule has 2 atom stereocenters. The molecule has 0 aliphatic heterocycles. The van der Waals surface area contributed by atoms with Crippen molar-refractivity contribution in [1.29, 1.82) is 0 Å². The molecule has 0 aromatic heterocycles. The van der Waals surface area contributed by atoms with Crippen LogP contribution in [0.3, 0.4) is 0 Å². The van der Waals surface area contributed by atoms with Crippen LogP contribution < -0.4 is 0 Å². The number of allylic oxidation sites excluding steroid dienone is 22. The van der Waals surface area contributed by atoms with E-state index in [0.29, 0.717) is 17.4 Å². The number of nitrogens with zero attached hydrogens (tertiary/aromatic N) is 1. The number of carbonyl (C=O) groups is 3. The quantitative estimate of drug-likeness (QED) is 0.0211. The zero-order valence-electron chi connectivity index (χ0n) is 45.3. The Balaban J connectivity index is 4.46. The number of hydrogen-bond acceptors (Lipinski definition) is 7. The Bertz CT molecular complexity index is 1620. The smallest absolute Gasteiger partial charge is 0.361 e. The zero-order chi connectivity index (χ0) is 52.0. The first kappa shape index (κ1) is 66.4. The van der Waals surface area contributed by atoms with Crippen molar-refractivity contribution in [3.05, 3.63) is 134 Å². The predicted octanol–water partition coefficient (Wildman–Crippen LogP) is 15.9. The average Bonchev–Trinajstić information content (AvgIpc) is 3.34. The van der Waals surface area contributed by atoms with Crippen LogP contribution in [0.4, 0.5) is 0 Å². The number of ether oxygens (including phenoxy) is 4. The largest absolute Gasteiger partial charge is 0.477 e. The number of aliphatic carboxylic acids is 1. The van der Waals surface area contributed by atoms with Crippen LogP contribution in [-0.4, -0.2) is 87.4 Å². The molecule has 0 fully saturated rings. The van der Waals surface area contributed by atoms with Gasteiger partial charge in [0.25, 0.3) is 6.29 Å². The van der Waals surface area contributed by atoms with Gasteiger partial charge < -0.3 is 28.5 Å². The second-order valence-electron chi connectivity index (χ2n) is 18.8. The first-order valence-corrected chi connectivity index (χ1v) is 27.3. The molecule has 71 heavy (non-hydrogen) atoms. The molecule has 0 aromatic carbocycles. The number of carboxylic acids is 1. The van der Waals surface area contributed by atoms with Crippen LogP contribution in [0.2, 0.25) is 0 Å². The molecule has 9 heteroatoms. The Labute approximate surface area is 433 Å². The highest BCUT2D eigenvalue weighted by molar-refractivity contribution is 5.71. The van der Waals surface area contributed by atoms with E-state index in [4.69, 9.17) is 18.9 Å². The molecule has 0 heterocycles. The summed E-state index contributed by atoms with van der Waals surface area (Å²) < 4.78 is 22.8. The molecule has 1 N–H and O–H groups in total. The van der Waals surface area contributed by atoms with E-state index < -0.39 is 24.3 Å². The minimum absolute atomic E-state index is 0.168. The number of unbranched alkanes of at least 4 members (excludes halogenated alkanes) is 11. The molecule has 0 bridgehead atoms. The summed E-state index contributed by atoms with van der Waals surface area (Å²) in [7, 11) is 5.93. The molecule has 0 saturated carbocycles. The molecule has 0 aliphatic rings. The van der Waals surface area contributed by atoms with Crippen molar-refractivity contribution >= 4 is 17.9 Å². The maximum atomic E-state index is 12.8. The fourth-order valence-electron chi connectivity index (χ4n) is 6.68. The molecule has 0 saturated heterocycles. The highest BCUT2D eigenvalue weighted by Gasteiger charge is 2.25. The minimum atomic E-state index is -1.53. The number of quaternary nitrogens is 1. The van der Waals surface area contributed by atoms with Crippen LogP contribution in [0.25, 0.3) is 0 Å². The van der Waals surface area contributed by atoms with E-state index in [-0.39, 0.29) is 38.6 Å². The first-order chi connectivity index (χ1) is 34.6. The molecule has 400 valence electrons. The summed E-state index contributed by atoms with van der Waals surface area (Å²) in [5.41, 5.74) is 0. The molecule has 0 rings (SSSR count). The van der Waals surface area contributed by atoms with Gasteiger partial charge in [-0.05, 0) is 116 Å². The Kier molecular flexibility index (Phi) is 48.4. The van der Waals surface area contributed by atoms with E-state index in [0.717, 1.165) is 122 Å². The fourth-order valence-corrected chi connectivity index (χ4v) is 6.68. The van der Waals surface area contributed by atoms with Gasteiger partial charge in [-0.1, -0.05) is 186 Å². The van der Waals surface area contributed by atoms with Crippen molar-refractivity contribution < 1.29 is 42.9 Å². The third-order valence-corrected chi connectivity index (χ3v) is 10.9. The van der Waals surface area contributed by atoms with E-state index in [2.05, 4.69) is 148 Å². The van der Waals surface area contributed by atoms with Crippen LogP contribution in [0.5, 0.6) is 0 Å². The monoisotopic (exact) mass is 987 g/mol. The van der Waals surface area contributed by atoms with E-state index in [1.165, 1.54) is 25.7 Å². The second-order valence-corrected chi connectivity index (χ2v) is 18.8. The van der Waals surface area contributed by atoms with Gasteiger partial charge in [-0.3, -0.25) is 9.59 Å². The summed E-state index contributed by atoms with van der Waals surface area (Å²) in [4.78, 5) is 37.3. The highest BCUT2D eigenvalue weighted by Crippen LogP contribution is 2.12. The van der Waals surface area contributed by atoms with Gasteiger partial charge in [0.1, 0.15) is 13.2 Å². The van der Waals surface area contributed by atoms with Crippen molar-refractivity contribution in [2.24, 2.45) is 0 Å². The lowest BCUT2D eigenvalue weighted by atomic mass is 10.1. The number of carbonyl (C=O) groups excluding carboxylic acids is 2. The predicted molar refractivity (Wildman–Crippen MR) is 299 cm³/mol. The van der Waals surface area contributed by atoms with Crippen LogP contribution in [0, 0.1) is 0 Å². The van der Waals surface area contributed by atoms with Crippen LogP contribution in [0.15, 0.2) is 134 Å². The lowest BCUT2D eigenvalue weighted by Gasteiger charge is -2.25. The van der Waals surface area contributed by atoms with Crippen LogP contribution >= 0.6 is 0 Å². The van der Waals surface area contributed by atoms with Gasteiger partial charge in [0.15, 0.2) is 6.10 Å². The van der Waals surface area contributed by atoms with Gasteiger partial charge >= 0.3 is 17.9 Å². The SMILES string of the molecule is CC/C=C\C/C=C\C/C=C\C/C=C\C/C=C\C/C=C\C/C=C\C/C=C\CCCCC(=O)OC(COC(=O)CCCCCCCC/C=C\C/C=C\C/C=C\CCCCC)COC(OCC[N+](C)(C)C)C(=O)O. The van der Waals surface area contributed by atoms with E-state index in [9.17, 15) is 19.5 Å². The Hall–Kier alpha value is -4.57. The maximum absolute atomic E-state index is 12.8. The van der Waals surface area contributed by atoms with Gasteiger partial charge in [-0.25, -0.2) is 4.79 Å². The van der Waals surface area contributed by atoms with Crippen molar-refractivity contribution in [3.8, 4) is 0 Å². The summed E-state index contributed by atoms with van der Waals surface area (Å²) in [5.74, 6) is -2.10. The van der Waals surface area contributed by atoms with Crippen molar-refractivity contribution in [3.63, 3.8) is 0 Å². The number of esters is 2. The van der Waals surface area contributed by atoms with Gasteiger partial charge in [0.05, 0.1) is 34.4 Å². The normalized spacial score (nSPS) is 13.9. The van der Waals surface area contributed by atoms with Gasteiger partial charge in [-0.15, -0.1) is 0 Å². The lowest BCUT2D eigenvalue weighted by molar-refractivity contribution is -0.870. The maximum Gasteiger partial charge on any atom is 0.361 e. The minimum Gasteiger partial charge on any atom is -0.477 e. The standard InChI is InChI=1S/C62H99NO8/c1-6-8-10-12-14-16-18-20-22-24-26-27-28-29-30-31-32-33-35-37-39-41-43-45-47-49-51-53-60(65)71-58(57-70-62(61(66)67)68-55-54-63(3,4)5)56-69-59(64)52-50-48-46-44-42-40-38-36-34-25-23-21-19-17-15-13-11-9-7-2/h8,10,14-17,20-23,26-27,29-30,32-34,36-37,39,43,45,58,62H,6-7,9,11-13,18-19,24-25,28,31,35,38,40-42,44,46-57H2,1-5H3/p+1/b10-8-,16-14-,17-15-,22-20-,23-21-,27-26-,30-29-,33-32-,36-34-,39-37-,45-43-. The summed E-state index contributed by atoms with van der Waals surface area (Å²) in [6.07, 6.45) is 70.9. The van der Waals surface area contributed by atoms with E-state index in [1.807, 2.05) is 21.1 Å². The van der Waals surface area contributed by atoms with Crippen molar-refractivity contribution in [2.45, 2.75) is 193 Å². The van der Waals surface area contributed by atoms with Crippen LogP contribution in [0.1, 0.15) is 181 Å². The summed E-state index contributed by atoms with van der Waals surface area (Å²) in [5, 5.41) is 9.69. The summed E-state index contributed by atoms with van der Waals surface area (Å²) in [6, 6.07) is 0. The first-order valence-electron chi connectivity index (χ1n) is 27.3. The summed E-state index contributed by atoms with van der Waals surface area (Å²) >= 11 is 0. The number of rotatable bonds is 48. The zero-order valence-corrected chi connectivity index (χ0v) is 45.3. The molecular formula is C62H100NO8+. The molecule has 0 aliphatic carbocycles. The molecule has 9 nitrogen and oxygen atoms in total. The average molecular weight is 987 g/mol.